The summed E-state index contributed by atoms with van der Waals surface area (Å²) in [6.45, 7) is 0.781. The van der Waals surface area contributed by atoms with Crippen LogP contribution in [-0.4, -0.2) is 45.4 Å². The van der Waals surface area contributed by atoms with Crippen LogP contribution >= 0.6 is 0 Å². The summed E-state index contributed by atoms with van der Waals surface area (Å²) >= 11 is 0. The Morgan fingerprint density at radius 2 is 1.91 bits per heavy atom. The van der Waals surface area contributed by atoms with Crippen LogP contribution in [-0.2, 0) is 27.7 Å². The first-order valence-corrected chi connectivity index (χ1v) is 12.4. The number of aliphatic imine (C=N–C) groups is 1. The molecule has 8 heteroatoms. The van der Waals surface area contributed by atoms with Gasteiger partial charge >= 0.3 is 0 Å². The van der Waals surface area contributed by atoms with Gasteiger partial charge in [-0.15, -0.1) is 0 Å². The van der Waals surface area contributed by atoms with Crippen molar-refractivity contribution in [2.45, 2.75) is 18.9 Å². The molecular weight excluding hydrogens is 441 g/mol. The Kier molecular flexibility index (Phi) is 7.27. The molecule has 3 aromatic rings. The molecule has 0 radical (unpaired) electrons. The third-order valence-corrected chi connectivity index (χ3v) is 7.02. The van der Waals surface area contributed by atoms with Crippen molar-refractivity contribution in [3.63, 3.8) is 0 Å². The first-order valence-electron chi connectivity index (χ1n) is 10.7. The number of fused-ring (bicyclic) bond motifs is 1. The first-order chi connectivity index (χ1) is 15.9. The Bertz CT molecular complexity index is 1250. The molecule has 2 aromatic carbocycles. The molecule has 1 N–H and O–H groups in total. The van der Waals surface area contributed by atoms with Gasteiger partial charge in [-0.1, -0.05) is 42.5 Å². The van der Waals surface area contributed by atoms with E-state index in [2.05, 4.69) is 14.7 Å². The topological polar surface area (TPSA) is 80.7 Å². The Balaban J connectivity index is 1.55. The highest BCUT2D eigenvalue weighted by Crippen LogP contribution is 2.28. The number of pyridine rings is 1. The maximum Gasteiger partial charge on any atom is 0.216 e. The van der Waals surface area contributed by atoms with Gasteiger partial charge in [0.15, 0.2) is 0 Å². The molecule has 1 atom stereocenters. The van der Waals surface area contributed by atoms with Crippen LogP contribution < -0.4 is 4.72 Å². The number of hydrogen-bond acceptors (Lipinski definition) is 5. The number of aromatic nitrogens is 1. The van der Waals surface area contributed by atoms with Crippen molar-refractivity contribution in [2.24, 2.45) is 4.99 Å². The zero-order valence-electron chi connectivity index (χ0n) is 18.4. The van der Waals surface area contributed by atoms with Crippen molar-refractivity contribution < 1.29 is 17.5 Å². The number of hydrogen-bond donors (Lipinski definition) is 1. The minimum absolute atomic E-state index is 0.0785. The number of nitrogens with zero attached hydrogens (tertiary/aromatic N) is 2. The normalized spacial score (nSPS) is 14.1. The van der Waals surface area contributed by atoms with E-state index in [1.165, 1.54) is 7.11 Å². The fourth-order valence-corrected chi connectivity index (χ4v) is 4.88. The van der Waals surface area contributed by atoms with Crippen molar-refractivity contribution in [3.05, 3.63) is 89.2 Å². The molecule has 1 aliphatic heterocycles. The minimum atomic E-state index is -3.44. The first kappa shape index (κ1) is 23.2. The number of methoxy groups -OCH3 is 1. The van der Waals surface area contributed by atoms with Crippen molar-refractivity contribution in [3.8, 4) is 11.1 Å². The van der Waals surface area contributed by atoms with Gasteiger partial charge in [0.05, 0.1) is 18.9 Å². The van der Waals surface area contributed by atoms with E-state index < -0.39 is 16.0 Å². The molecule has 0 spiro atoms. The number of rotatable bonds is 10. The third-order valence-electron chi connectivity index (χ3n) is 5.71. The molecule has 0 bridgehead atoms. The number of ether oxygens (including phenoxy) is 1. The summed E-state index contributed by atoms with van der Waals surface area (Å²) in [5.74, 6) is -0.591. The van der Waals surface area contributed by atoms with Gasteiger partial charge in [-0.05, 0) is 40.8 Å². The number of halogens is 1. The van der Waals surface area contributed by atoms with Crippen molar-refractivity contribution in [1.29, 1.82) is 0 Å². The van der Waals surface area contributed by atoms with Crippen molar-refractivity contribution >= 4 is 16.0 Å². The van der Waals surface area contributed by atoms with Crippen LogP contribution in [0.15, 0.2) is 72.0 Å². The predicted molar refractivity (Wildman–Crippen MR) is 128 cm³/mol. The molecule has 1 aromatic heterocycles. The van der Waals surface area contributed by atoms with E-state index in [-0.39, 0.29) is 24.8 Å². The summed E-state index contributed by atoms with van der Waals surface area (Å²) in [7, 11) is -1.96. The average Bonchev–Trinajstić information content (AvgIpc) is 3.21. The molecule has 33 heavy (non-hydrogen) atoms. The molecule has 0 aliphatic carbocycles. The minimum Gasteiger partial charge on any atom is -0.384 e. The lowest BCUT2D eigenvalue weighted by Crippen LogP contribution is -2.32. The van der Waals surface area contributed by atoms with E-state index in [9.17, 15) is 12.8 Å². The van der Waals surface area contributed by atoms with Crippen LogP contribution in [0.25, 0.3) is 11.1 Å². The molecule has 0 unspecified atom stereocenters. The second-order valence-corrected chi connectivity index (χ2v) is 9.96. The van der Waals surface area contributed by atoms with E-state index in [0.717, 1.165) is 27.8 Å². The Labute approximate surface area is 193 Å². The smallest absolute Gasteiger partial charge is 0.216 e. The summed E-state index contributed by atoms with van der Waals surface area (Å²) < 4.78 is 46.2. The zero-order chi connectivity index (χ0) is 23.3. The van der Waals surface area contributed by atoms with E-state index in [0.29, 0.717) is 18.5 Å². The fourth-order valence-electron chi connectivity index (χ4n) is 3.89. The second kappa shape index (κ2) is 10.3. The van der Waals surface area contributed by atoms with Gasteiger partial charge in [-0.2, -0.15) is 4.39 Å². The van der Waals surface area contributed by atoms with Crippen LogP contribution in [0.1, 0.15) is 28.2 Å². The SMILES string of the molecule is COCCS(=O)(=O)NC[C@H](Cc1cncc(-c2ccc3c(c2)C(F)=NC3)c1)c1ccccc1. The molecule has 6 nitrogen and oxygen atoms in total. The largest absolute Gasteiger partial charge is 0.384 e. The summed E-state index contributed by atoms with van der Waals surface area (Å²) in [6, 6.07) is 17.5. The fraction of sp³-hybridized carbons (Fsp3) is 0.280. The summed E-state index contributed by atoms with van der Waals surface area (Å²) in [5.41, 5.74) is 5.16. The number of benzene rings is 2. The molecule has 1 aliphatic rings. The maximum absolute atomic E-state index is 14.0. The maximum atomic E-state index is 14.0. The van der Waals surface area contributed by atoms with Crippen molar-refractivity contribution in [2.75, 3.05) is 26.0 Å². The highest BCUT2D eigenvalue weighted by molar-refractivity contribution is 7.89. The number of nitrogens with one attached hydrogen (secondary N) is 1. The lowest BCUT2D eigenvalue weighted by molar-refractivity contribution is 0.217. The third kappa shape index (κ3) is 5.90. The standard InChI is InChI=1S/C25H26FN3O3S/c1-32-9-10-33(30,31)29-17-23(19-5-3-2-4-6-19)12-18-11-22(15-27-14-18)20-7-8-21-16-28-25(26)24(21)13-20/h2-8,11,13-15,23,29H,9-10,12,16-17H2,1H3/t23-/m0/s1. The van der Waals surface area contributed by atoms with Crippen LogP contribution in [0.3, 0.4) is 0 Å². The van der Waals surface area contributed by atoms with E-state index >= 15 is 0 Å². The van der Waals surface area contributed by atoms with Gasteiger partial charge in [0, 0.05) is 43.1 Å². The Morgan fingerprint density at radius 1 is 1.09 bits per heavy atom. The van der Waals surface area contributed by atoms with Gasteiger partial charge in [0.1, 0.15) is 0 Å². The van der Waals surface area contributed by atoms with Crippen LogP contribution in [0.4, 0.5) is 4.39 Å². The lowest BCUT2D eigenvalue weighted by Gasteiger charge is -2.19. The molecular formula is C25H26FN3O3S. The molecule has 172 valence electrons. The van der Waals surface area contributed by atoms with E-state index in [1.54, 1.807) is 18.5 Å². The highest BCUT2D eigenvalue weighted by Gasteiger charge is 2.19. The summed E-state index contributed by atoms with van der Waals surface area (Å²) in [6.07, 6.45) is 4.13. The number of sulfonamides is 1. The second-order valence-electron chi connectivity index (χ2n) is 8.03. The van der Waals surface area contributed by atoms with Gasteiger partial charge in [-0.25, -0.2) is 13.1 Å². The van der Waals surface area contributed by atoms with Gasteiger partial charge in [0.2, 0.25) is 16.0 Å². The van der Waals surface area contributed by atoms with Crippen LogP contribution in [0, 0.1) is 0 Å². The molecule has 0 fully saturated rings. The van der Waals surface area contributed by atoms with Crippen LogP contribution in [0.2, 0.25) is 0 Å². The monoisotopic (exact) mass is 467 g/mol. The van der Waals surface area contributed by atoms with Crippen LogP contribution in [0.5, 0.6) is 0 Å². The summed E-state index contributed by atoms with van der Waals surface area (Å²) in [4.78, 5) is 8.25. The molecule has 0 saturated carbocycles. The molecule has 2 heterocycles. The van der Waals surface area contributed by atoms with E-state index in [4.69, 9.17) is 4.74 Å². The Morgan fingerprint density at radius 3 is 2.70 bits per heavy atom. The van der Waals surface area contributed by atoms with E-state index in [1.807, 2.05) is 48.5 Å². The Hall–Kier alpha value is -2.94. The predicted octanol–water partition coefficient (Wildman–Crippen LogP) is 3.87. The molecule has 0 saturated heterocycles. The average molecular weight is 468 g/mol. The van der Waals surface area contributed by atoms with Gasteiger partial charge in [0.25, 0.3) is 0 Å². The highest BCUT2D eigenvalue weighted by atomic mass is 32.2. The molecule has 0 amide bonds. The molecule has 4 rings (SSSR count). The van der Waals surface area contributed by atoms with Gasteiger partial charge < -0.3 is 4.74 Å². The quantitative estimate of drug-likeness (QED) is 0.491. The van der Waals surface area contributed by atoms with Gasteiger partial charge in [-0.3, -0.25) is 9.98 Å². The van der Waals surface area contributed by atoms with Crippen molar-refractivity contribution in [1.82, 2.24) is 9.71 Å². The summed E-state index contributed by atoms with van der Waals surface area (Å²) in [5, 5.41) is 0. The zero-order valence-corrected chi connectivity index (χ0v) is 19.2. The lowest BCUT2D eigenvalue weighted by atomic mass is 9.91.